The highest BCUT2D eigenvalue weighted by atomic mass is 32.1. The summed E-state index contributed by atoms with van der Waals surface area (Å²) in [6, 6.07) is 0. The van der Waals surface area contributed by atoms with Gasteiger partial charge in [-0.25, -0.2) is 0 Å². The molecule has 0 aromatic rings. The van der Waals surface area contributed by atoms with Crippen molar-refractivity contribution in [2.75, 3.05) is 0 Å². The number of thiocarbonyl (C=S) groups is 2. The number of rotatable bonds is 3. The van der Waals surface area contributed by atoms with Crippen molar-refractivity contribution in [1.82, 2.24) is 21.9 Å². The van der Waals surface area contributed by atoms with E-state index in [0.717, 1.165) is 0 Å². The van der Waals surface area contributed by atoms with Gasteiger partial charge in [-0.15, -0.1) is 0 Å². The molecule has 8 heteroatoms. The molecule has 0 bridgehead atoms. The van der Waals surface area contributed by atoms with Gasteiger partial charge in [-0.1, -0.05) is 0 Å². The van der Waals surface area contributed by atoms with Crippen molar-refractivity contribution in [2.24, 2.45) is 11.5 Å². The highest BCUT2D eigenvalue weighted by Gasteiger charge is 1.83. The quantitative estimate of drug-likeness (QED) is 0.162. The van der Waals surface area contributed by atoms with Crippen LogP contribution in [0.5, 0.6) is 0 Å². The van der Waals surface area contributed by atoms with Crippen molar-refractivity contribution in [3.05, 3.63) is 0 Å². The van der Waals surface area contributed by atoms with E-state index in [-0.39, 0.29) is 10.2 Å². The minimum Gasteiger partial charge on any atom is -0.375 e. The van der Waals surface area contributed by atoms with Gasteiger partial charge in [0.05, 0.1) is 0 Å². The van der Waals surface area contributed by atoms with Gasteiger partial charge in [0.25, 0.3) is 0 Å². The Bertz CT molecular complexity index is 118. The summed E-state index contributed by atoms with van der Waals surface area (Å²) in [5.74, 6) is 0. The minimum atomic E-state index is 0.109. The highest BCUT2D eigenvalue weighted by Crippen LogP contribution is 1.48. The Morgan fingerprint density at radius 2 is 1.20 bits per heavy atom. The molecule has 0 saturated heterocycles. The monoisotopic (exact) mass is 180 g/mol. The minimum absolute atomic E-state index is 0.109. The lowest BCUT2D eigenvalue weighted by Gasteiger charge is -2.07. The smallest absolute Gasteiger partial charge is 0.179 e. The fourth-order valence-electron chi connectivity index (χ4n) is 0.186. The summed E-state index contributed by atoms with van der Waals surface area (Å²) < 4.78 is 0. The average Bonchev–Trinajstić information content (AvgIpc) is 1.79. The summed E-state index contributed by atoms with van der Waals surface area (Å²) in [4.78, 5) is 0. The predicted molar refractivity (Wildman–Crippen MR) is 46.1 cm³/mol. The molecule has 0 amide bonds. The molecule has 0 fully saturated rings. The maximum absolute atomic E-state index is 5.04. The third kappa shape index (κ3) is 7.30. The standard InChI is InChI=1S/C2H8N6S2/c3-1(9)5-7-8-6-2(4)10/h7-8H,(H3,3,5,9)(H3,4,6,10). The fraction of sp³-hybridized carbons (Fsp3) is 0. The molecule has 8 N–H and O–H groups in total. The van der Waals surface area contributed by atoms with Gasteiger partial charge in [-0.05, 0) is 24.4 Å². The first-order chi connectivity index (χ1) is 4.63. The zero-order valence-electron chi connectivity index (χ0n) is 4.97. The van der Waals surface area contributed by atoms with Crippen molar-refractivity contribution >= 4 is 34.7 Å². The Morgan fingerprint density at radius 1 is 0.900 bits per heavy atom. The Morgan fingerprint density at radius 3 is 1.40 bits per heavy atom. The Hall–Kier alpha value is -0.700. The van der Waals surface area contributed by atoms with E-state index in [1.54, 1.807) is 0 Å². The number of nitrogens with one attached hydrogen (secondary N) is 4. The normalized spacial score (nSPS) is 8.40. The van der Waals surface area contributed by atoms with Gasteiger partial charge in [0.15, 0.2) is 10.2 Å². The highest BCUT2D eigenvalue weighted by molar-refractivity contribution is 7.80. The average molecular weight is 180 g/mol. The molecular formula is C2H8N6S2. The molecule has 0 aliphatic heterocycles. The summed E-state index contributed by atoms with van der Waals surface area (Å²) in [5, 5.41) is 0.217. The van der Waals surface area contributed by atoms with Gasteiger partial charge in [0, 0.05) is 0 Å². The maximum Gasteiger partial charge on any atom is 0.179 e. The van der Waals surface area contributed by atoms with Crippen LogP contribution in [0.2, 0.25) is 0 Å². The molecule has 0 aromatic carbocycles. The van der Waals surface area contributed by atoms with Gasteiger partial charge in [-0.2, -0.15) is 11.1 Å². The largest absolute Gasteiger partial charge is 0.375 e. The summed E-state index contributed by atoms with van der Waals surface area (Å²) >= 11 is 8.89. The van der Waals surface area contributed by atoms with Crippen LogP contribution in [0, 0.1) is 0 Å². The number of hydrazine groups is 3. The topological polar surface area (TPSA) is 100 Å². The second kappa shape index (κ2) is 5.11. The summed E-state index contributed by atoms with van der Waals surface area (Å²) in [5.41, 5.74) is 19.6. The third-order valence-corrected chi connectivity index (χ3v) is 0.638. The first kappa shape index (κ1) is 9.30. The zero-order chi connectivity index (χ0) is 7.98. The van der Waals surface area contributed by atoms with Crippen molar-refractivity contribution in [3.63, 3.8) is 0 Å². The van der Waals surface area contributed by atoms with Crippen LogP contribution in [-0.2, 0) is 0 Å². The number of nitrogens with two attached hydrogens (primary N) is 2. The molecule has 0 unspecified atom stereocenters. The molecule has 0 aliphatic rings. The maximum atomic E-state index is 5.04. The molecule has 6 nitrogen and oxygen atoms in total. The Kier molecular flexibility index (Phi) is 4.76. The van der Waals surface area contributed by atoms with E-state index in [2.05, 4.69) is 46.4 Å². The molecule has 0 spiro atoms. The van der Waals surface area contributed by atoms with Crippen LogP contribution in [0.1, 0.15) is 0 Å². The van der Waals surface area contributed by atoms with Crippen molar-refractivity contribution in [1.29, 1.82) is 0 Å². The fourth-order valence-corrected chi connectivity index (χ4v) is 0.288. The van der Waals surface area contributed by atoms with Gasteiger partial charge in [0.2, 0.25) is 0 Å². The van der Waals surface area contributed by atoms with Crippen LogP contribution >= 0.6 is 24.4 Å². The van der Waals surface area contributed by atoms with Crippen LogP contribution < -0.4 is 33.4 Å². The van der Waals surface area contributed by atoms with Crippen LogP contribution in [0.25, 0.3) is 0 Å². The second-order valence-corrected chi connectivity index (χ2v) is 2.11. The molecular weight excluding hydrogens is 172 g/mol. The molecule has 10 heavy (non-hydrogen) atoms. The van der Waals surface area contributed by atoms with E-state index in [1.165, 1.54) is 0 Å². The predicted octanol–water partition coefficient (Wildman–Crippen LogP) is -2.42. The molecule has 0 rings (SSSR count). The summed E-state index contributed by atoms with van der Waals surface area (Å²) in [6.45, 7) is 0. The van der Waals surface area contributed by atoms with E-state index in [0.29, 0.717) is 0 Å². The number of hydrogen-bond acceptors (Lipinski definition) is 4. The molecule has 58 valence electrons. The summed E-state index contributed by atoms with van der Waals surface area (Å²) in [6.07, 6.45) is 0. The van der Waals surface area contributed by atoms with Crippen LogP contribution in [-0.4, -0.2) is 10.2 Å². The third-order valence-electron chi connectivity index (χ3n) is 0.434. The lowest BCUT2D eigenvalue weighted by Crippen LogP contribution is -2.56. The lowest BCUT2D eigenvalue weighted by molar-refractivity contribution is 0.479. The first-order valence-electron chi connectivity index (χ1n) is 2.24. The van der Waals surface area contributed by atoms with Gasteiger partial charge in [-0.3, -0.25) is 10.9 Å². The van der Waals surface area contributed by atoms with Crippen molar-refractivity contribution in [3.8, 4) is 0 Å². The van der Waals surface area contributed by atoms with Crippen LogP contribution in [0.15, 0.2) is 0 Å². The molecule has 0 heterocycles. The van der Waals surface area contributed by atoms with E-state index in [4.69, 9.17) is 11.5 Å². The molecule has 0 atom stereocenters. The molecule has 0 aromatic heterocycles. The SMILES string of the molecule is NC(=S)NNNNC(N)=S. The molecule has 0 radical (unpaired) electrons. The first-order valence-corrected chi connectivity index (χ1v) is 3.05. The van der Waals surface area contributed by atoms with Gasteiger partial charge < -0.3 is 11.5 Å². The van der Waals surface area contributed by atoms with Crippen molar-refractivity contribution in [2.45, 2.75) is 0 Å². The van der Waals surface area contributed by atoms with Crippen LogP contribution in [0.4, 0.5) is 0 Å². The Labute approximate surface area is 68.6 Å². The molecule has 0 saturated carbocycles. The van der Waals surface area contributed by atoms with Gasteiger partial charge in [0.1, 0.15) is 0 Å². The van der Waals surface area contributed by atoms with Crippen molar-refractivity contribution < 1.29 is 0 Å². The van der Waals surface area contributed by atoms with E-state index in [9.17, 15) is 0 Å². The van der Waals surface area contributed by atoms with E-state index < -0.39 is 0 Å². The zero-order valence-corrected chi connectivity index (χ0v) is 6.60. The lowest BCUT2D eigenvalue weighted by atomic mass is 11.2. The van der Waals surface area contributed by atoms with Gasteiger partial charge >= 0.3 is 0 Å². The molecule has 0 aliphatic carbocycles. The van der Waals surface area contributed by atoms with E-state index in [1.807, 2.05) is 0 Å². The Balaban J connectivity index is 3.06. The second-order valence-electron chi connectivity index (χ2n) is 1.23. The van der Waals surface area contributed by atoms with E-state index >= 15 is 0 Å². The summed E-state index contributed by atoms with van der Waals surface area (Å²) in [7, 11) is 0. The van der Waals surface area contributed by atoms with Crippen LogP contribution in [0.3, 0.4) is 0 Å². The number of hydrogen-bond donors (Lipinski definition) is 6.